The Bertz CT molecular complexity index is 1170. The van der Waals surface area contributed by atoms with Crippen molar-refractivity contribution < 1.29 is 23.9 Å². The van der Waals surface area contributed by atoms with Crippen molar-refractivity contribution in [1.29, 1.82) is 0 Å². The van der Waals surface area contributed by atoms with E-state index in [1.54, 1.807) is 55.7 Å². The van der Waals surface area contributed by atoms with Gasteiger partial charge in [0.15, 0.2) is 0 Å². The zero-order chi connectivity index (χ0) is 22.9. The van der Waals surface area contributed by atoms with Crippen molar-refractivity contribution in [3.8, 4) is 11.5 Å². The Morgan fingerprint density at radius 1 is 0.812 bits per heavy atom. The summed E-state index contributed by atoms with van der Waals surface area (Å²) in [7, 11) is 1.58. The standard InChI is InChI=1S/C25H22N2O5/c1-17(28)32-21-10-6-8-19(16-21)25(30)27-23-12-4-3-11-22(23)26-24(29)14-13-18-7-5-9-20(15-18)31-2/h3-16H,1-2H3,(H,26,29)(H,27,30)/b14-13+. The molecule has 0 aliphatic rings. The molecule has 0 saturated heterocycles. The summed E-state index contributed by atoms with van der Waals surface area (Å²) in [5, 5.41) is 5.53. The number of rotatable bonds is 7. The monoisotopic (exact) mass is 430 g/mol. The minimum absolute atomic E-state index is 0.273. The lowest BCUT2D eigenvalue weighted by Crippen LogP contribution is -2.15. The molecule has 3 aromatic rings. The summed E-state index contributed by atoms with van der Waals surface area (Å²) >= 11 is 0. The third kappa shape index (κ3) is 6.30. The van der Waals surface area contributed by atoms with Crippen molar-refractivity contribution in [3.05, 3.63) is 90.0 Å². The fraction of sp³-hybridized carbons (Fsp3) is 0.0800. The van der Waals surface area contributed by atoms with Crippen molar-refractivity contribution in [2.45, 2.75) is 6.92 Å². The van der Waals surface area contributed by atoms with Gasteiger partial charge in [0.05, 0.1) is 18.5 Å². The Labute approximate surface area is 185 Å². The number of carbonyl (C=O) groups is 3. The molecule has 32 heavy (non-hydrogen) atoms. The highest BCUT2D eigenvalue weighted by molar-refractivity contribution is 6.09. The lowest BCUT2D eigenvalue weighted by atomic mass is 10.2. The van der Waals surface area contributed by atoms with Crippen LogP contribution in [0.25, 0.3) is 6.08 Å². The third-order valence-corrected chi connectivity index (χ3v) is 4.31. The SMILES string of the molecule is COc1cccc(/C=C/C(=O)Nc2ccccc2NC(=O)c2cccc(OC(C)=O)c2)c1. The number of carbonyl (C=O) groups excluding carboxylic acids is 3. The molecule has 0 saturated carbocycles. The van der Waals surface area contributed by atoms with Crippen LogP contribution in [0.1, 0.15) is 22.8 Å². The first-order valence-electron chi connectivity index (χ1n) is 9.76. The molecule has 0 bridgehead atoms. The van der Waals surface area contributed by atoms with Gasteiger partial charge in [-0.3, -0.25) is 14.4 Å². The molecule has 3 rings (SSSR count). The Kier molecular flexibility index (Phi) is 7.37. The second-order valence-electron chi connectivity index (χ2n) is 6.72. The number of esters is 1. The van der Waals surface area contributed by atoms with E-state index in [4.69, 9.17) is 9.47 Å². The molecule has 0 radical (unpaired) electrons. The molecule has 0 aromatic heterocycles. The summed E-state index contributed by atoms with van der Waals surface area (Å²) in [6.07, 6.45) is 3.06. The zero-order valence-electron chi connectivity index (χ0n) is 17.6. The Morgan fingerprint density at radius 3 is 2.22 bits per heavy atom. The Hall–Kier alpha value is -4.39. The molecule has 0 fully saturated rings. The summed E-state index contributed by atoms with van der Waals surface area (Å²) in [5.74, 6) is -0.274. The number of hydrogen-bond donors (Lipinski definition) is 2. The molecular weight excluding hydrogens is 408 g/mol. The minimum atomic E-state index is -0.474. The lowest BCUT2D eigenvalue weighted by molar-refractivity contribution is -0.131. The maximum Gasteiger partial charge on any atom is 0.308 e. The fourth-order valence-electron chi connectivity index (χ4n) is 2.85. The van der Waals surface area contributed by atoms with Gasteiger partial charge in [-0.2, -0.15) is 0 Å². The Morgan fingerprint density at radius 2 is 1.50 bits per heavy atom. The molecule has 0 unspecified atom stereocenters. The predicted molar refractivity (Wildman–Crippen MR) is 123 cm³/mol. The number of amides is 2. The summed E-state index contributed by atoms with van der Waals surface area (Å²) in [6.45, 7) is 1.29. The summed E-state index contributed by atoms with van der Waals surface area (Å²) in [5.41, 5.74) is 1.99. The molecule has 0 atom stereocenters. The second-order valence-corrected chi connectivity index (χ2v) is 6.72. The fourth-order valence-corrected chi connectivity index (χ4v) is 2.85. The van der Waals surface area contributed by atoms with E-state index in [0.29, 0.717) is 22.7 Å². The average Bonchev–Trinajstić information content (AvgIpc) is 2.79. The predicted octanol–water partition coefficient (Wildman–Crippen LogP) is 4.52. The van der Waals surface area contributed by atoms with E-state index in [9.17, 15) is 14.4 Å². The normalized spacial score (nSPS) is 10.4. The molecule has 162 valence electrons. The van der Waals surface area contributed by atoms with Crippen LogP contribution >= 0.6 is 0 Å². The Balaban J connectivity index is 1.70. The number of hydrogen-bond acceptors (Lipinski definition) is 5. The van der Waals surface area contributed by atoms with Gasteiger partial charge in [0.25, 0.3) is 5.91 Å². The van der Waals surface area contributed by atoms with Crippen LogP contribution in [0.4, 0.5) is 11.4 Å². The van der Waals surface area contributed by atoms with Gasteiger partial charge in [0.1, 0.15) is 11.5 Å². The highest BCUT2D eigenvalue weighted by atomic mass is 16.5. The highest BCUT2D eigenvalue weighted by Crippen LogP contribution is 2.23. The third-order valence-electron chi connectivity index (χ3n) is 4.31. The van der Waals surface area contributed by atoms with Crippen LogP contribution in [0.3, 0.4) is 0 Å². The molecule has 0 heterocycles. The van der Waals surface area contributed by atoms with Gasteiger partial charge >= 0.3 is 5.97 Å². The van der Waals surface area contributed by atoms with Gasteiger partial charge in [-0.25, -0.2) is 0 Å². The quantitative estimate of drug-likeness (QED) is 0.326. The summed E-state index contributed by atoms with van der Waals surface area (Å²) < 4.78 is 10.2. The first kappa shape index (κ1) is 22.3. The molecule has 0 aliphatic carbocycles. The van der Waals surface area contributed by atoms with E-state index in [2.05, 4.69) is 10.6 Å². The van der Waals surface area contributed by atoms with Crippen molar-refractivity contribution >= 4 is 35.2 Å². The molecule has 0 aliphatic heterocycles. The van der Waals surface area contributed by atoms with E-state index in [-0.39, 0.29) is 11.7 Å². The van der Waals surface area contributed by atoms with Crippen LogP contribution in [0.5, 0.6) is 11.5 Å². The molecule has 0 spiro atoms. The topological polar surface area (TPSA) is 93.7 Å². The summed E-state index contributed by atoms with van der Waals surface area (Å²) in [4.78, 5) is 36.2. The van der Waals surface area contributed by atoms with Crippen LogP contribution in [0.2, 0.25) is 0 Å². The van der Waals surface area contributed by atoms with Crippen molar-refractivity contribution in [3.63, 3.8) is 0 Å². The molecule has 7 heteroatoms. The number of methoxy groups -OCH3 is 1. The van der Waals surface area contributed by atoms with Gasteiger partial charge in [-0.1, -0.05) is 30.3 Å². The maximum absolute atomic E-state index is 12.7. The molecular formula is C25H22N2O5. The number of nitrogens with one attached hydrogen (secondary N) is 2. The highest BCUT2D eigenvalue weighted by Gasteiger charge is 2.11. The van der Waals surface area contributed by atoms with Crippen molar-refractivity contribution in [2.75, 3.05) is 17.7 Å². The van der Waals surface area contributed by atoms with Gasteiger partial charge in [-0.15, -0.1) is 0 Å². The molecule has 2 N–H and O–H groups in total. The van der Waals surface area contributed by atoms with Crippen molar-refractivity contribution in [1.82, 2.24) is 0 Å². The van der Waals surface area contributed by atoms with E-state index in [1.807, 2.05) is 24.3 Å². The second kappa shape index (κ2) is 10.6. The molecule has 3 aromatic carbocycles. The van der Waals surface area contributed by atoms with Crippen LogP contribution < -0.4 is 20.1 Å². The number of ether oxygens (including phenoxy) is 2. The van der Waals surface area contributed by atoms with Crippen LogP contribution in [-0.2, 0) is 9.59 Å². The lowest BCUT2D eigenvalue weighted by Gasteiger charge is -2.12. The minimum Gasteiger partial charge on any atom is -0.497 e. The number of anilines is 2. The van der Waals surface area contributed by atoms with Gasteiger partial charge < -0.3 is 20.1 Å². The number of para-hydroxylation sites is 2. The van der Waals surface area contributed by atoms with E-state index < -0.39 is 11.9 Å². The van der Waals surface area contributed by atoms with Gasteiger partial charge in [-0.05, 0) is 54.1 Å². The van der Waals surface area contributed by atoms with Gasteiger partial charge in [0, 0.05) is 18.6 Å². The largest absolute Gasteiger partial charge is 0.497 e. The smallest absolute Gasteiger partial charge is 0.308 e. The van der Waals surface area contributed by atoms with Crippen LogP contribution in [0, 0.1) is 0 Å². The van der Waals surface area contributed by atoms with Crippen LogP contribution in [-0.4, -0.2) is 24.9 Å². The molecule has 7 nitrogen and oxygen atoms in total. The van der Waals surface area contributed by atoms with Crippen LogP contribution in [0.15, 0.2) is 78.9 Å². The summed E-state index contributed by atoms with van der Waals surface area (Å²) in [6, 6.07) is 20.4. The van der Waals surface area contributed by atoms with E-state index >= 15 is 0 Å². The van der Waals surface area contributed by atoms with Crippen molar-refractivity contribution in [2.24, 2.45) is 0 Å². The first-order valence-corrected chi connectivity index (χ1v) is 9.76. The maximum atomic E-state index is 12.7. The first-order chi connectivity index (χ1) is 15.4. The van der Waals surface area contributed by atoms with Gasteiger partial charge in [0.2, 0.25) is 5.91 Å². The van der Waals surface area contributed by atoms with E-state index in [1.165, 1.54) is 19.1 Å². The zero-order valence-corrected chi connectivity index (χ0v) is 17.6. The number of benzene rings is 3. The van der Waals surface area contributed by atoms with E-state index in [0.717, 1.165) is 5.56 Å². The molecule has 2 amide bonds. The average molecular weight is 430 g/mol.